The van der Waals surface area contributed by atoms with Gasteiger partial charge in [0.25, 0.3) is 0 Å². The SMILES string of the molecule is CCOCC(Cc1ncnn1CC)NC. The van der Waals surface area contributed by atoms with Gasteiger partial charge in [0.2, 0.25) is 0 Å². The van der Waals surface area contributed by atoms with Gasteiger partial charge >= 0.3 is 0 Å². The highest BCUT2D eigenvalue weighted by molar-refractivity contribution is 4.89. The summed E-state index contributed by atoms with van der Waals surface area (Å²) < 4.78 is 7.30. The van der Waals surface area contributed by atoms with Gasteiger partial charge in [-0.15, -0.1) is 0 Å². The van der Waals surface area contributed by atoms with Crippen molar-refractivity contribution < 1.29 is 4.74 Å². The van der Waals surface area contributed by atoms with Gasteiger partial charge in [-0.1, -0.05) is 0 Å². The number of hydrogen-bond donors (Lipinski definition) is 1. The molecule has 5 heteroatoms. The first-order chi connectivity index (χ1) is 7.31. The molecule has 1 heterocycles. The van der Waals surface area contributed by atoms with Crippen LogP contribution >= 0.6 is 0 Å². The van der Waals surface area contributed by atoms with E-state index in [0.29, 0.717) is 12.6 Å². The molecule has 0 aliphatic rings. The molecule has 1 N–H and O–H groups in total. The van der Waals surface area contributed by atoms with E-state index < -0.39 is 0 Å². The van der Waals surface area contributed by atoms with E-state index in [-0.39, 0.29) is 0 Å². The number of aromatic nitrogens is 3. The van der Waals surface area contributed by atoms with Crippen LogP contribution in [0.5, 0.6) is 0 Å². The van der Waals surface area contributed by atoms with Gasteiger partial charge in [-0.25, -0.2) is 4.98 Å². The molecule has 0 saturated heterocycles. The molecule has 15 heavy (non-hydrogen) atoms. The molecule has 0 aliphatic heterocycles. The van der Waals surface area contributed by atoms with E-state index in [0.717, 1.165) is 25.4 Å². The maximum atomic E-state index is 5.39. The Labute approximate surface area is 90.8 Å². The van der Waals surface area contributed by atoms with Crippen molar-refractivity contribution in [2.24, 2.45) is 0 Å². The predicted octanol–water partition coefficient (Wildman–Crippen LogP) is 0.465. The molecule has 0 fully saturated rings. The molecule has 0 aliphatic carbocycles. The number of rotatable bonds is 7. The summed E-state index contributed by atoms with van der Waals surface area (Å²) in [6.07, 6.45) is 2.45. The van der Waals surface area contributed by atoms with E-state index in [2.05, 4.69) is 22.3 Å². The molecule has 0 radical (unpaired) electrons. The Bertz CT molecular complexity index is 274. The molecule has 5 nitrogen and oxygen atoms in total. The maximum absolute atomic E-state index is 5.39. The fourth-order valence-corrected chi connectivity index (χ4v) is 1.44. The third-order valence-corrected chi connectivity index (χ3v) is 2.36. The summed E-state index contributed by atoms with van der Waals surface area (Å²) in [4.78, 5) is 4.24. The van der Waals surface area contributed by atoms with Crippen LogP contribution in [-0.2, 0) is 17.7 Å². The van der Waals surface area contributed by atoms with Crippen molar-refractivity contribution in [1.29, 1.82) is 0 Å². The minimum absolute atomic E-state index is 0.305. The number of nitrogens with one attached hydrogen (secondary N) is 1. The van der Waals surface area contributed by atoms with E-state index in [4.69, 9.17) is 4.74 Å². The minimum atomic E-state index is 0.305. The Hall–Kier alpha value is -0.940. The van der Waals surface area contributed by atoms with Crippen molar-refractivity contribution in [2.75, 3.05) is 20.3 Å². The average Bonchev–Trinajstić information content (AvgIpc) is 2.71. The highest BCUT2D eigenvalue weighted by Crippen LogP contribution is 2.00. The number of hydrogen-bond acceptors (Lipinski definition) is 4. The lowest BCUT2D eigenvalue weighted by molar-refractivity contribution is 0.124. The lowest BCUT2D eigenvalue weighted by Gasteiger charge is -2.15. The van der Waals surface area contributed by atoms with Gasteiger partial charge < -0.3 is 10.1 Å². The Morgan fingerprint density at radius 3 is 2.93 bits per heavy atom. The summed E-state index contributed by atoms with van der Waals surface area (Å²) >= 11 is 0. The molecule has 0 spiro atoms. The molecule has 1 aromatic rings. The summed E-state index contributed by atoms with van der Waals surface area (Å²) in [6, 6.07) is 0.305. The lowest BCUT2D eigenvalue weighted by Crippen LogP contribution is -2.33. The quantitative estimate of drug-likeness (QED) is 0.713. The summed E-state index contributed by atoms with van der Waals surface area (Å²) in [5.41, 5.74) is 0. The van der Waals surface area contributed by atoms with Gasteiger partial charge in [0.05, 0.1) is 6.61 Å². The first-order valence-corrected chi connectivity index (χ1v) is 5.43. The second-order valence-electron chi connectivity index (χ2n) is 3.34. The van der Waals surface area contributed by atoms with E-state index in [9.17, 15) is 0 Å². The van der Waals surface area contributed by atoms with Gasteiger partial charge in [-0.05, 0) is 20.9 Å². The summed E-state index contributed by atoms with van der Waals surface area (Å²) in [7, 11) is 1.94. The molecule has 1 atom stereocenters. The second-order valence-corrected chi connectivity index (χ2v) is 3.34. The van der Waals surface area contributed by atoms with Gasteiger partial charge in [0.1, 0.15) is 12.2 Å². The molecule has 86 valence electrons. The Morgan fingerprint density at radius 1 is 1.53 bits per heavy atom. The zero-order valence-corrected chi connectivity index (χ0v) is 9.73. The summed E-state index contributed by atoms with van der Waals surface area (Å²) in [6.45, 7) is 6.39. The van der Waals surface area contributed by atoms with Crippen molar-refractivity contribution >= 4 is 0 Å². The smallest absolute Gasteiger partial charge is 0.138 e. The second kappa shape index (κ2) is 6.53. The highest BCUT2D eigenvalue weighted by Gasteiger charge is 2.11. The first-order valence-electron chi connectivity index (χ1n) is 5.43. The standard InChI is InChI=1S/C10H20N4O/c1-4-14-10(12-8-13-14)6-9(11-3)7-15-5-2/h8-9,11H,4-7H2,1-3H3. The van der Waals surface area contributed by atoms with Gasteiger partial charge in [-0.3, -0.25) is 4.68 Å². The molecular formula is C10H20N4O. The average molecular weight is 212 g/mol. The fourth-order valence-electron chi connectivity index (χ4n) is 1.44. The molecule has 0 aromatic carbocycles. The molecule has 1 aromatic heterocycles. The van der Waals surface area contributed by atoms with Crippen molar-refractivity contribution in [3.63, 3.8) is 0 Å². The molecular weight excluding hydrogens is 192 g/mol. The van der Waals surface area contributed by atoms with Crippen LogP contribution < -0.4 is 5.32 Å². The van der Waals surface area contributed by atoms with E-state index in [1.165, 1.54) is 0 Å². The fraction of sp³-hybridized carbons (Fsp3) is 0.800. The van der Waals surface area contributed by atoms with Crippen LogP contribution in [0.2, 0.25) is 0 Å². The topological polar surface area (TPSA) is 52.0 Å². The van der Waals surface area contributed by atoms with E-state index in [1.54, 1.807) is 6.33 Å². The normalized spacial score (nSPS) is 13.0. The van der Waals surface area contributed by atoms with Gasteiger partial charge in [0.15, 0.2) is 0 Å². The van der Waals surface area contributed by atoms with Crippen molar-refractivity contribution in [3.8, 4) is 0 Å². The molecule has 0 amide bonds. The summed E-state index contributed by atoms with van der Waals surface area (Å²) in [5.74, 6) is 1.01. The minimum Gasteiger partial charge on any atom is -0.380 e. The first kappa shape index (κ1) is 12.1. The molecule has 0 bridgehead atoms. The van der Waals surface area contributed by atoms with Crippen LogP contribution in [-0.4, -0.2) is 41.1 Å². The number of aryl methyl sites for hydroxylation is 1. The van der Waals surface area contributed by atoms with Crippen LogP contribution in [0.3, 0.4) is 0 Å². The predicted molar refractivity (Wildman–Crippen MR) is 58.7 cm³/mol. The Morgan fingerprint density at radius 2 is 2.33 bits per heavy atom. The van der Waals surface area contributed by atoms with E-state index in [1.807, 2.05) is 18.7 Å². The number of likely N-dealkylation sites (N-methyl/N-ethyl adjacent to an activating group) is 1. The van der Waals surface area contributed by atoms with Gasteiger partial charge in [-0.2, -0.15) is 5.10 Å². The number of ether oxygens (including phenoxy) is 1. The van der Waals surface area contributed by atoms with Crippen LogP contribution in [0, 0.1) is 0 Å². The van der Waals surface area contributed by atoms with Crippen molar-refractivity contribution in [1.82, 2.24) is 20.1 Å². The van der Waals surface area contributed by atoms with Crippen LogP contribution in [0.15, 0.2) is 6.33 Å². The maximum Gasteiger partial charge on any atom is 0.138 e. The van der Waals surface area contributed by atoms with Crippen molar-refractivity contribution in [2.45, 2.75) is 32.9 Å². The Kier molecular flexibility index (Phi) is 5.28. The van der Waals surface area contributed by atoms with Crippen LogP contribution in [0.4, 0.5) is 0 Å². The third kappa shape index (κ3) is 3.60. The molecule has 0 saturated carbocycles. The monoisotopic (exact) mass is 212 g/mol. The van der Waals surface area contributed by atoms with Crippen molar-refractivity contribution in [3.05, 3.63) is 12.2 Å². The highest BCUT2D eigenvalue weighted by atomic mass is 16.5. The summed E-state index contributed by atoms with van der Waals surface area (Å²) in [5, 5.41) is 7.36. The third-order valence-electron chi connectivity index (χ3n) is 2.36. The Balaban J connectivity index is 2.50. The molecule has 1 rings (SSSR count). The van der Waals surface area contributed by atoms with E-state index >= 15 is 0 Å². The largest absolute Gasteiger partial charge is 0.380 e. The zero-order chi connectivity index (χ0) is 11.1. The van der Waals surface area contributed by atoms with Crippen LogP contribution in [0.25, 0.3) is 0 Å². The number of nitrogens with zero attached hydrogens (tertiary/aromatic N) is 3. The molecule has 1 unspecified atom stereocenters. The van der Waals surface area contributed by atoms with Crippen LogP contribution in [0.1, 0.15) is 19.7 Å². The lowest BCUT2D eigenvalue weighted by atomic mass is 10.2. The van der Waals surface area contributed by atoms with Gasteiger partial charge in [0, 0.05) is 25.6 Å². The zero-order valence-electron chi connectivity index (χ0n) is 9.73.